The van der Waals surface area contributed by atoms with E-state index in [0.717, 1.165) is 25.2 Å². The summed E-state index contributed by atoms with van der Waals surface area (Å²) in [7, 11) is 1.69. The Hall–Kier alpha value is -0.680. The number of methoxy groups -OCH3 is 1. The van der Waals surface area contributed by atoms with Crippen molar-refractivity contribution in [2.75, 3.05) is 33.4 Å². The first kappa shape index (κ1) is 13.7. The van der Waals surface area contributed by atoms with Crippen LogP contribution in [0.25, 0.3) is 0 Å². The van der Waals surface area contributed by atoms with Crippen molar-refractivity contribution in [1.29, 1.82) is 0 Å². The molecule has 1 aliphatic heterocycles. The van der Waals surface area contributed by atoms with Gasteiger partial charge in [-0.15, -0.1) is 0 Å². The third kappa shape index (κ3) is 3.01. The topological polar surface area (TPSA) is 38.5 Å². The van der Waals surface area contributed by atoms with E-state index in [2.05, 4.69) is 4.90 Å². The normalized spacial score (nSPS) is 24.7. The second-order valence-corrected chi connectivity index (χ2v) is 5.10. The molecule has 18 heavy (non-hydrogen) atoms. The molecule has 0 unspecified atom stereocenters. The second-order valence-electron chi connectivity index (χ2n) is 4.70. The molecule has 1 heterocycles. The van der Waals surface area contributed by atoms with Crippen molar-refractivity contribution in [1.82, 2.24) is 4.90 Å². The zero-order chi connectivity index (χ0) is 13.1. The Morgan fingerprint density at radius 2 is 2.28 bits per heavy atom. The molecule has 0 bridgehead atoms. The van der Waals surface area contributed by atoms with Gasteiger partial charge in [0.05, 0.1) is 11.6 Å². The molecule has 0 aromatic heterocycles. The standard InChI is InChI=1S/C13H18ClFN2O/c1-18-5-4-17-7-10(13(16)8-17)9-2-3-12(15)11(14)6-9/h2-3,6,10,13H,4-5,7-8,16H2,1H3/t10-,13+/m1/s1. The van der Waals surface area contributed by atoms with Gasteiger partial charge in [-0.25, -0.2) is 4.39 Å². The monoisotopic (exact) mass is 272 g/mol. The van der Waals surface area contributed by atoms with Crippen molar-refractivity contribution in [2.24, 2.45) is 5.73 Å². The number of nitrogens with zero attached hydrogens (tertiary/aromatic N) is 1. The molecule has 0 spiro atoms. The number of nitrogens with two attached hydrogens (primary N) is 1. The third-order valence-electron chi connectivity index (χ3n) is 3.42. The van der Waals surface area contributed by atoms with E-state index in [1.165, 1.54) is 6.07 Å². The summed E-state index contributed by atoms with van der Waals surface area (Å²) in [4.78, 5) is 2.26. The summed E-state index contributed by atoms with van der Waals surface area (Å²) in [6.07, 6.45) is 0. The van der Waals surface area contributed by atoms with E-state index < -0.39 is 0 Å². The van der Waals surface area contributed by atoms with Crippen molar-refractivity contribution in [3.63, 3.8) is 0 Å². The van der Waals surface area contributed by atoms with Crippen LogP contribution in [0.2, 0.25) is 5.02 Å². The van der Waals surface area contributed by atoms with Crippen molar-refractivity contribution in [3.8, 4) is 0 Å². The molecule has 1 fully saturated rings. The molecule has 2 N–H and O–H groups in total. The third-order valence-corrected chi connectivity index (χ3v) is 3.71. The fraction of sp³-hybridized carbons (Fsp3) is 0.538. The van der Waals surface area contributed by atoms with Crippen LogP contribution >= 0.6 is 11.6 Å². The SMILES string of the molecule is COCCN1C[C@H](c2ccc(F)c(Cl)c2)[C@@H](N)C1. The molecule has 0 radical (unpaired) electrons. The van der Waals surface area contributed by atoms with E-state index in [-0.39, 0.29) is 22.8 Å². The highest BCUT2D eigenvalue weighted by molar-refractivity contribution is 6.30. The Morgan fingerprint density at radius 3 is 2.94 bits per heavy atom. The number of hydrogen-bond acceptors (Lipinski definition) is 3. The molecule has 2 atom stereocenters. The van der Waals surface area contributed by atoms with Gasteiger partial charge in [-0.1, -0.05) is 17.7 Å². The lowest BCUT2D eigenvalue weighted by atomic mass is 9.95. The average molecular weight is 273 g/mol. The molecule has 3 nitrogen and oxygen atoms in total. The summed E-state index contributed by atoms with van der Waals surface area (Å²) in [5.41, 5.74) is 7.15. The van der Waals surface area contributed by atoms with Crippen LogP contribution < -0.4 is 5.73 Å². The van der Waals surface area contributed by atoms with Gasteiger partial charge in [0.25, 0.3) is 0 Å². The number of hydrogen-bond donors (Lipinski definition) is 1. The predicted molar refractivity (Wildman–Crippen MR) is 70.4 cm³/mol. The average Bonchev–Trinajstić information content (AvgIpc) is 2.71. The zero-order valence-corrected chi connectivity index (χ0v) is 11.2. The Labute approximate surface area is 112 Å². The highest BCUT2D eigenvalue weighted by Gasteiger charge is 2.31. The lowest BCUT2D eigenvalue weighted by molar-refractivity contribution is 0.160. The Kier molecular flexibility index (Phi) is 4.56. The molecule has 0 amide bonds. The molecule has 100 valence electrons. The first-order chi connectivity index (χ1) is 8.61. The maximum absolute atomic E-state index is 13.1. The van der Waals surface area contributed by atoms with E-state index >= 15 is 0 Å². The number of likely N-dealkylation sites (tertiary alicyclic amines) is 1. The molecule has 1 aliphatic rings. The summed E-state index contributed by atoms with van der Waals surface area (Å²) in [5.74, 6) is -0.178. The summed E-state index contributed by atoms with van der Waals surface area (Å²) in [6.45, 7) is 3.27. The number of ether oxygens (including phenoxy) is 1. The highest BCUT2D eigenvalue weighted by Crippen LogP contribution is 2.29. The van der Waals surface area contributed by atoms with Crippen LogP contribution in [0.3, 0.4) is 0 Å². The van der Waals surface area contributed by atoms with Gasteiger partial charge in [0.2, 0.25) is 0 Å². The first-order valence-electron chi connectivity index (χ1n) is 6.03. The number of halogens is 2. The van der Waals surface area contributed by atoms with Gasteiger partial charge in [0.15, 0.2) is 0 Å². The van der Waals surface area contributed by atoms with E-state index in [0.29, 0.717) is 6.61 Å². The molecular formula is C13H18ClFN2O. The van der Waals surface area contributed by atoms with Crippen LogP contribution in [0, 0.1) is 5.82 Å². The van der Waals surface area contributed by atoms with E-state index in [4.69, 9.17) is 22.1 Å². The van der Waals surface area contributed by atoms with Gasteiger partial charge in [-0.05, 0) is 17.7 Å². The molecule has 2 rings (SSSR count). The maximum atomic E-state index is 13.1. The fourth-order valence-corrected chi connectivity index (χ4v) is 2.60. The van der Waals surface area contributed by atoms with Crippen LogP contribution in [0.1, 0.15) is 11.5 Å². The van der Waals surface area contributed by atoms with Crippen LogP contribution in [0.5, 0.6) is 0 Å². The predicted octanol–water partition coefficient (Wildman–Crippen LogP) is 1.85. The largest absolute Gasteiger partial charge is 0.383 e. The minimum Gasteiger partial charge on any atom is -0.383 e. The van der Waals surface area contributed by atoms with Gasteiger partial charge >= 0.3 is 0 Å². The molecule has 1 aromatic rings. The van der Waals surface area contributed by atoms with E-state index in [1.54, 1.807) is 19.2 Å². The van der Waals surface area contributed by atoms with Gasteiger partial charge in [-0.2, -0.15) is 0 Å². The molecular weight excluding hydrogens is 255 g/mol. The molecule has 5 heteroatoms. The smallest absolute Gasteiger partial charge is 0.141 e. The van der Waals surface area contributed by atoms with Crippen LogP contribution in [0.15, 0.2) is 18.2 Å². The quantitative estimate of drug-likeness (QED) is 0.909. The van der Waals surface area contributed by atoms with Crippen molar-refractivity contribution < 1.29 is 9.13 Å². The zero-order valence-electron chi connectivity index (χ0n) is 10.4. The molecule has 0 saturated carbocycles. The van der Waals surface area contributed by atoms with Crippen molar-refractivity contribution in [2.45, 2.75) is 12.0 Å². The van der Waals surface area contributed by atoms with Crippen molar-refractivity contribution >= 4 is 11.6 Å². The number of benzene rings is 1. The van der Waals surface area contributed by atoms with Crippen LogP contribution in [-0.4, -0.2) is 44.3 Å². The van der Waals surface area contributed by atoms with E-state index in [1.807, 2.05) is 0 Å². The second kappa shape index (κ2) is 5.97. The minimum absolute atomic E-state index is 0.0587. The lowest BCUT2D eigenvalue weighted by Gasteiger charge is -2.16. The van der Waals surface area contributed by atoms with Gasteiger partial charge in [0.1, 0.15) is 5.82 Å². The Balaban J connectivity index is 2.06. The van der Waals surface area contributed by atoms with Gasteiger partial charge < -0.3 is 10.5 Å². The lowest BCUT2D eigenvalue weighted by Crippen LogP contribution is -2.30. The summed E-state index contributed by atoms with van der Waals surface area (Å²) in [6, 6.07) is 4.91. The van der Waals surface area contributed by atoms with Crippen LogP contribution in [0.4, 0.5) is 4.39 Å². The highest BCUT2D eigenvalue weighted by atomic mass is 35.5. The van der Waals surface area contributed by atoms with E-state index in [9.17, 15) is 4.39 Å². The maximum Gasteiger partial charge on any atom is 0.141 e. The van der Waals surface area contributed by atoms with Gasteiger partial charge in [0, 0.05) is 38.7 Å². The summed E-state index contributed by atoms with van der Waals surface area (Å²) >= 11 is 5.81. The minimum atomic E-state index is -0.386. The fourth-order valence-electron chi connectivity index (χ4n) is 2.41. The molecule has 0 aliphatic carbocycles. The number of rotatable bonds is 4. The Morgan fingerprint density at radius 1 is 1.50 bits per heavy atom. The first-order valence-corrected chi connectivity index (χ1v) is 6.41. The van der Waals surface area contributed by atoms with Crippen LogP contribution in [-0.2, 0) is 4.74 Å². The van der Waals surface area contributed by atoms with Gasteiger partial charge in [-0.3, -0.25) is 4.90 Å². The summed E-state index contributed by atoms with van der Waals surface area (Å²) < 4.78 is 18.2. The summed E-state index contributed by atoms with van der Waals surface area (Å²) in [5, 5.41) is 0.162. The Bertz CT molecular complexity index is 416. The molecule has 1 aromatic carbocycles. The van der Waals surface area contributed by atoms with Crippen molar-refractivity contribution in [3.05, 3.63) is 34.6 Å². The molecule has 1 saturated heterocycles.